The Morgan fingerprint density at radius 3 is 2.68 bits per heavy atom. The highest BCUT2D eigenvalue weighted by Crippen LogP contribution is 2.75. The van der Waals surface area contributed by atoms with Crippen molar-refractivity contribution in [2.24, 2.45) is 23.2 Å². The first-order valence-corrected chi connectivity index (χ1v) is 8.26. The Labute approximate surface area is 130 Å². The predicted molar refractivity (Wildman–Crippen MR) is 78.5 cm³/mol. The zero-order chi connectivity index (χ0) is 15.5. The highest BCUT2D eigenvalue weighted by Gasteiger charge is 2.76. The standard InChI is InChI=1S/C18H22O4/c1-9-10-5-14-17(4,7-13(10)21-15(9)19)11-6-12(11)18(14)8-20-16(2,3)22-18/h7,11-12,14H,5-6,8H2,1-4H3/t11-,12+,14-,17+,18-/m1/s1. The van der Waals surface area contributed by atoms with E-state index in [-0.39, 0.29) is 17.0 Å². The first-order valence-electron chi connectivity index (χ1n) is 8.26. The number of fused-ring (bicyclic) bond motifs is 6. The van der Waals surface area contributed by atoms with E-state index in [1.165, 1.54) is 6.42 Å². The van der Waals surface area contributed by atoms with Crippen molar-refractivity contribution in [3.05, 3.63) is 23.0 Å². The Morgan fingerprint density at radius 1 is 1.23 bits per heavy atom. The summed E-state index contributed by atoms with van der Waals surface area (Å²) in [6.45, 7) is 8.87. The molecule has 1 saturated heterocycles. The van der Waals surface area contributed by atoms with Gasteiger partial charge in [0.1, 0.15) is 11.4 Å². The van der Waals surface area contributed by atoms with E-state index in [4.69, 9.17) is 14.2 Å². The van der Waals surface area contributed by atoms with E-state index in [1.807, 2.05) is 20.8 Å². The van der Waals surface area contributed by atoms with E-state index in [1.54, 1.807) is 0 Å². The molecule has 0 unspecified atom stereocenters. The number of carbonyl (C=O) groups is 1. The van der Waals surface area contributed by atoms with E-state index in [0.717, 1.165) is 23.3 Å². The van der Waals surface area contributed by atoms with Crippen molar-refractivity contribution in [2.75, 3.05) is 6.61 Å². The molecule has 2 saturated carbocycles. The number of allylic oxidation sites excluding steroid dienone is 2. The van der Waals surface area contributed by atoms with Gasteiger partial charge in [-0.15, -0.1) is 0 Å². The quantitative estimate of drug-likeness (QED) is 0.645. The molecular formula is C18H22O4. The van der Waals surface area contributed by atoms with Crippen LogP contribution < -0.4 is 0 Å². The summed E-state index contributed by atoms with van der Waals surface area (Å²) in [5, 5.41) is 0. The lowest BCUT2D eigenvalue weighted by Crippen LogP contribution is -2.47. The van der Waals surface area contributed by atoms with Gasteiger partial charge in [-0.05, 0) is 56.9 Å². The van der Waals surface area contributed by atoms with Gasteiger partial charge >= 0.3 is 5.97 Å². The molecule has 1 spiro atoms. The molecule has 5 aliphatic rings. The SMILES string of the molecule is CC1=C2C[C@@H]3[C@@](C)(C=C2OC1=O)[C@@H]1C[C@@H]1[C@]31COC(C)(C)O1. The number of esters is 1. The molecule has 2 heterocycles. The second-order valence-corrected chi connectivity index (χ2v) is 8.32. The van der Waals surface area contributed by atoms with Crippen molar-refractivity contribution < 1.29 is 19.0 Å². The normalized spacial score (nSPS) is 50.6. The van der Waals surface area contributed by atoms with Gasteiger partial charge < -0.3 is 14.2 Å². The van der Waals surface area contributed by atoms with Crippen LogP contribution in [0.2, 0.25) is 0 Å². The molecule has 0 aromatic heterocycles. The molecule has 5 rings (SSSR count). The maximum Gasteiger partial charge on any atom is 0.339 e. The smallest absolute Gasteiger partial charge is 0.339 e. The Balaban J connectivity index is 1.64. The summed E-state index contributed by atoms with van der Waals surface area (Å²) in [4.78, 5) is 11.9. The molecule has 0 N–H and O–H groups in total. The van der Waals surface area contributed by atoms with E-state index >= 15 is 0 Å². The second kappa shape index (κ2) is 3.51. The average Bonchev–Trinajstić information content (AvgIpc) is 3.08. The van der Waals surface area contributed by atoms with Crippen molar-refractivity contribution in [3.8, 4) is 0 Å². The molecule has 0 aromatic carbocycles. The van der Waals surface area contributed by atoms with Crippen LogP contribution in [0, 0.1) is 23.2 Å². The number of rotatable bonds is 0. The molecule has 4 nitrogen and oxygen atoms in total. The summed E-state index contributed by atoms with van der Waals surface area (Å²) in [5.41, 5.74) is 1.71. The van der Waals surface area contributed by atoms with E-state index in [0.29, 0.717) is 24.4 Å². The topological polar surface area (TPSA) is 44.8 Å². The van der Waals surface area contributed by atoms with E-state index < -0.39 is 5.79 Å². The summed E-state index contributed by atoms with van der Waals surface area (Å²) in [5.74, 6) is 1.69. The Hall–Kier alpha value is -1.13. The molecule has 5 atom stereocenters. The molecule has 0 bridgehead atoms. The van der Waals surface area contributed by atoms with Crippen LogP contribution in [0.4, 0.5) is 0 Å². The van der Waals surface area contributed by atoms with Crippen LogP contribution >= 0.6 is 0 Å². The zero-order valence-electron chi connectivity index (χ0n) is 13.6. The second-order valence-electron chi connectivity index (χ2n) is 8.32. The van der Waals surface area contributed by atoms with Crippen molar-refractivity contribution in [2.45, 2.75) is 51.9 Å². The molecule has 3 aliphatic carbocycles. The highest BCUT2D eigenvalue weighted by atomic mass is 16.8. The third-order valence-corrected chi connectivity index (χ3v) is 6.75. The van der Waals surface area contributed by atoms with Crippen LogP contribution in [0.3, 0.4) is 0 Å². The molecule has 3 fully saturated rings. The first-order chi connectivity index (χ1) is 10.3. The van der Waals surface area contributed by atoms with E-state index in [9.17, 15) is 4.79 Å². The van der Waals surface area contributed by atoms with Gasteiger partial charge in [-0.1, -0.05) is 6.92 Å². The van der Waals surface area contributed by atoms with Crippen LogP contribution in [-0.4, -0.2) is 24.0 Å². The number of carbonyl (C=O) groups excluding carboxylic acids is 1. The van der Waals surface area contributed by atoms with Crippen LogP contribution in [0.25, 0.3) is 0 Å². The molecule has 4 heteroatoms. The Morgan fingerprint density at radius 2 is 2.00 bits per heavy atom. The van der Waals surface area contributed by atoms with Gasteiger partial charge in [0.25, 0.3) is 0 Å². The molecule has 0 aromatic rings. The van der Waals surface area contributed by atoms with Crippen LogP contribution in [0.5, 0.6) is 0 Å². The lowest BCUT2D eigenvalue weighted by molar-refractivity contribution is -0.178. The monoisotopic (exact) mass is 302 g/mol. The minimum atomic E-state index is -0.506. The summed E-state index contributed by atoms with van der Waals surface area (Å²) in [6.07, 6.45) is 4.29. The van der Waals surface area contributed by atoms with Gasteiger partial charge in [0.15, 0.2) is 5.79 Å². The molecule has 0 radical (unpaired) electrons. The Bertz CT molecular complexity index is 673. The van der Waals surface area contributed by atoms with Gasteiger partial charge in [-0.3, -0.25) is 0 Å². The highest BCUT2D eigenvalue weighted by molar-refractivity contribution is 5.94. The minimum Gasteiger partial charge on any atom is -0.423 e. The van der Waals surface area contributed by atoms with Gasteiger partial charge in [-0.2, -0.15) is 0 Å². The maximum absolute atomic E-state index is 11.9. The zero-order valence-corrected chi connectivity index (χ0v) is 13.6. The van der Waals surface area contributed by atoms with Crippen LogP contribution in [0.1, 0.15) is 40.5 Å². The molecule has 118 valence electrons. The van der Waals surface area contributed by atoms with Gasteiger partial charge in [-0.25, -0.2) is 4.79 Å². The summed E-state index contributed by atoms with van der Waals surface area (Å²) in [6, 6.07) is 0. The van der Waals surface area contributed by atoms with Crippen molar-refractivity contribution in [1.29, 1.82) is 0 Å². The van der Waals surface area contributed by atoms with Crippen molar-refractivity contribution in [1.82, 2.24) is 0 Å². The largest absolute Gasteiger partial charge is 0.423 e. The van der Waals surface area contributed by atoms with Crippen molar-refractivity contribution >= 4 is 5.97 Å². The minimum absolute atomic E-state index is 0.0538. The van der Waals surface area contributed by atoms with E-state index in [2.05, 4.69) is 13.0 Å². The van der Waals surface area contributed by atoms with Crippen LogP contribution in [0.15, 0.2) is 23.0 Å². The Kier molecular flexibility index (Phi) is 2.13. The van der Waals surface area contributed by atoms with Gasteiger partial charge in [0, 0.05) is 17.1 Å². The maximum atomic E-state index is 11.9. The molecule has 0 amide bonds. The van der Waals surface area contributed by atoms with Gasteiger partial charge in [0.05, 0.1) is 6.61 Å². The molecule has 2 aliphatic heterocycles. The number of ether oxygens (including phenoxy) is 3. The van der Waals surface area contributed by atoms with Crippen LogP contribution in [-0.2, 0) is 19.0 Å². The fraction of sp³-hybridized carbons (Fsp3) is 0.722. The third kappa shape index (κ3) is 1.35. The van der Waals surface area contributed by atoms with Crippen molar-refractivity contribution in [3.63, 3.8) is 0 Å². The molecule has 22 heavy (non-hydrogen) atoms. The summed E-state index contributed by atoms with van der Waals surface area (Å²) >= 11 is 0. The average molecular weight is 302 g/mol. The lowest BCUT2D eigenvalue weighted by Gasteiger charge is -2.43. The predicted octanol–water partition coefficient (Wildman–Crippen LogP) is 2.94. The third-order valence-electron chi connectivity index (χ3n) is 6.75. The number of hydrogen-bond acceptors (Lipinski definition) is 4. The summed E-state index contributed by atoms with van der Waals surface area (Å²) < 4.78 is 18.0. The summed E-state index contributed by atoms with van der Waals surface area (Å²) in [7, 11) is 0. The first kappa shape index (κ1) is 13.3. The van der Waals surface area contributed by atoms with Gasteiger partial charge in [0.2, 0.25) is 0 Å². The fourth-order valence-corrected chi connectivity index (χ4v) is 5.63. The lowest BCUT2D eigenvalue weighted by atomic mass is 9.64. The molecular weight excluding hydrogens is 280 g/mol. The fourth-order valence-electron chi connectivity index (χ4n) is 5.63. The number of hydrogen-bond donors (Lipinski definition) is 0.